The van der Waals surface area contributed by atoms with Crippen LogP contribution >= 0.6 is 0 Å². The molecule has 0 bridgehead atoms. The van der Waals surface area contributed by atoms with E-state index in [1.54, 1.807) is 0 Å². The molecular weight excluding hydrogens is 629 g/mol. The zero-order valence-corrected chi connectivity index (χ0v) is 33.2. The van der Waals surface area contributed by atoms with Crippen LogP contribution in [0.5, 0.6) is 0 Å². The zero-order chi connectivity index (χ0) is 35.6. The summed E-state index contributed by atoms with van der Waals surface area (Å²) >= 11 is 0. The molecule has 5 nitrogen and oxygen atoms in total. The largest absolute Gasteiger partial charge is 0.350 e. The monoisotopic (exact) mass is 707 g/mol. The molecule has 6 heteroatoms. The lowest BCUT2D eigenvalue weighted by atomic mass is 9.97. The van der Waals surface area contributed by atoms with Crippen molar-refractivity contribution in [2.24, 2.45) is 0 Å². The number of hydrogen-bond donors (Lipinski definition) is 0. The summed E-state index contributed by atoms with van der Waals surface area (Å²) in [6, 6.07) is 0. The van der Waals surface area contributed by atoms with Gasteiger partial charge in [-0.2, -0.15) is 8.42 Å². The van der Waals surface area contributed by atoms with Crippen molar-refractivity contribution in [2.75, 3.05) is 19.5 Å². The molecule has 1 atom stereocenters. The third kappa shape index (κ3) is 30.2. The first-order chi connectivity index (χ1) is 23.9. The Labute approximate surface area is 304 Å². The van der Waals surface area contributed by atoms with Crippen molar-refractivity contribution in [3.05, 3.63) is 48.6 Å². The summed E-state index contributed by atoms with van der Waals surface area (Å²) in [5.41, 5.74) is 0. The molecule has 49 heavy (non-hydrogen) atoms. The molecule has 0 aromatic carbocycles. The standard InChI is InChI=1S/C43H78O5S/c1-4-6-8-10-12-14-16-18-20-22-24-26-28-30-32-34-38-43(46-40-36-42(48-43)37-41-47-49(3,44)45)39-35-33-31-29-27-25-23-21-19-17-15-13-11-9-7-5-2/h12-15,18-21,42H,4-11,16-17,22-41H2,1-3H3/b14-12-,15-13-,20-18-,21-19-. The van der Waals surface area contributed by atoms with Gasteiger partial charge in [-0.3, -0.25) is 4.18 Å². The Kier molecular flexibility index (Phi) is 30.6. The van der Waals surface area contributed by atoms with Crippen molar-refractivity contribution in [3.8, 4) is 0 Å². The molecule has 1 rings (SSSR count). The number of unbranched alkanes of at least 4 members (excludes halogenated alkanes) is 18. The predicted molar refractivity (Wildman–Crippen MR) is 212 cm³/mol. The van der Waals surface area contributed by atoms with Crippen LogP contribution in [-0.4, -0.2) is 39.8 Å². The Morgan fingerprint density at radius 2 is 1.00 bits per heavy atom. The molecule has 1 unspecified atom stereocenters. The van der Waals surface area contributed by atoms with Gasteiger partial charge in [0.1, 0.15) is 0 Å². The maximum Gasteiger partial charge on any atom is 0.264 e. The smallest absolute Gasteiger partial charge is 0.264 e. The van der Waals surface area contributed by atoms with Crippen LogP contribution in [-0.2, 0) is 23.8 Å². The summed E-state index contributed by atoms with van der Waals surface area (Å²) in [7, 11) is -3.43. The van der Waals surface area contributed by atoms with E-state index in [2.05, 4.69) is 62.5 Å². The maximum atomic E-state index is 11.5. The van der Waals surface area contributed by atoms with Gasteiger partial charge in [-0.25, -0.2) is 0 Å². The molecule has 0 spiro atoms. The van der Waals surface area contributed by atoms with E-state index in [-0.39, 0.29) is 12.7 Å². The van der Waals surface area contributed by atoms with Crippen LogP contribution in [0.2, 0.25) is 0 Å². The van der Waals surface area contributed by atoms with E-state index < -0.39 is 15.9 Å². The molecule has 0 aliphatic carbocycles. The Morgan fingerprint density at radius 3 is 1.43 bits per heavy atom. The third-order valence-electron chi connectivity index (χ3n) is 9.44. The molecule has 0 radical (unpaired) electrons. The average molecular weight is 707 g/mol. The molecule has 0 N–H and O–H groups in total. The second-order valence-electron chi connectivity index (χ2n) is 14.3. The number of ether oxygens (including phenoxy) is 2. The number of hydrogen-bond acceptors (Lipinski definition) is 5. The van der Waals surface area contributed by atoms with Gasteiger partial charge in [0.2, 0.25) is 0 Å². The van der Waals surface area contributed by atoms with E-state index in [9.17, 15) is 8.42 Å². The Balaban J connectivity index is 2.29. The van der Waals surface area contributed by atoms with Crippen molar-refractivity contribution in [1.29, 1.82) is 0 Å². The fourth-order valence-corrected chi connectivity index (χ4v) is 6.86. The normalized spacial score (nSPS) is 17.1. The predicted octanol–water partition coefficient (Wildman–Crippen LogP) is 13.3. The van der Waals surface area contributed by atoms with Gasteiger partial charge >= 0.3 is 0 Å². The fraction of sp³-hybridized carbons (Fsp3) is 0.814. The van der Waals surface area contributed by atoms with Crippen LogP contribution in [0.3, 0.4) is 0 Å². The van der Waals surface area contributed by atoms with Gasteiger partial charge in [0.05, 0.1) is 25.6 Å². The van der Waals surface area contributed by atoms with Crippen LogP contribution in [0.25, 0.3) is 0 Å². The van der Waals surface area contributed by atoms with Crippen LogP contribution in [0.1, 0.15) is 194 Å². The maximum absolute atomic E-state index is 11.5. The molecule has 1 fully saturated rings. The summed E-state index contributed by atoms with van der Waals surface area (Å²) in [4.78, 5) is 0. The summed E-state index contributed by atoms with van der Waals surface area (Å²) in [5, 5.41) is 0. The quantitative estimate of drug-likeness (QED) is 0.0379. The minimum absolute atomic E-state index is 0.00953. The second-order valence-corrected chi connectivity index (χ2v) is 15.9. The first kappa shape index (κ1) is 45.8. The van der Waals surface area contributed by atoms with Crippen molar-refractivity contribution in [1.82, 2.24) is 0 Å². The van der Waals surface area contributed by atoms with Crippen LogP contribution in [0.15, 0.2) is 48.6 Å². The highest BCUT2D eigenvalue weighted by Gasteiger charge is 2.37. The van der Waals surface area contributed by atoms with Crippen molar-refractivity contribution in [2.45, 2.75) is 206 Å². The second kappa shape index (κ2) is 32.7. The highest BCUT2D eigenvalue weighted by molar-refractivity contribution is 7.85. The minimum Gasteiger partial charge on any atom is -0.350 e. The van der Waals surface area contributed by atoms with Gasteiger partial charge in [-0.1, -0.05) is 140 Å². The van der Waals surface area contributed by atoms with Crippen molar-refractivity contribution in [3.63, 3.8) is 0 Å². The summed E-state index contributed by atoms with van der Waals surface area (Å²) < 4.78 is 40.9. The van der Waals surface area contributed by atoms with Crippen molar-refractivity contribution >= 4 is 10.1 Å². The average Bonchev–Trinajstić information content (AvgIpc) is 3.07. The van der Waals surface area contributed by atoms with Gasteiger partial charge in [0, 0.05) is 12.8 Å². The molecule has 0 amide bonds. The molecule has 0 aromatic rings. The minimum atomic E-state index is -3.43. The molecule has 0 aromatic heterocycles. The fourth-order valence-electron chi connectivity index (χ4n) is 6.46. The molecular formula is C43H78O5S. The van der Waals surface area contributed by atoms with Crippen LogP contribution < -0.4 is 0 Å². The highest BCUT2D eigenvalue weighted by Crippen LogP contribution is 2.35. The van der Waals surface area contributed by atoms with E-state index in [1.807, 2.05) is 0 Å². The SMILES string of the molecule is CCCCC/C=C\C/C=C\CCCCCCCCC1(CCCCCCCC/C=C\C/C=C\CCCCC)OCCC(CCOS(C)(=O)=O)O1. The Bertz CT molecular complexity index is 903. The molecule has 1 aliphatic heterocycles. The van der Waals surface area contributed by atoms with E-state index in [0.717, 1.165) is 51.2 Å². The molecule has 1 saturated heterocycles. The Morgan fingerprint density at radius 1 is 0.592 bits per heavy atom. The molecule has 1 heterocycles. The first-order valence-electron chi connectivity index (χ1n) is 20.7. The highest BCUT2D eigenvalue weighted by atomic mass is 32.2. The molecule has 1 aliphatic rings. The Hall–Kier alpha value is -1.21. The third-order valence-corrected chi connectivity index (χ3v) is 10.0. The van der Waals surface area contributed by atoms with Gasteiger partial charge in [-0.15, -0.1) is 0 Å². The van der Waals surface area contributed by atoms with Crippen LogP contribution in [0.4, 0.5) is 0 Å². The van der Waals surface area contributed by atoms with Gasteiger partial charge < -0.3 is 9.47 Å². The summed E-state index contributed by atoms with van der Waals surface area (Å²) in [6.07, 6.45) is 52.7. The lowest BCUT2D eigenvalue weighted by molar-refractivity contribution is -0.301. The summed E-state index contributed by atoms with van der Waals surface area (Å²) in [5.74, 6) is -0.529. The first-order valence-corrected chi connectivity index (χ1v) is 22.5. The number of allylic oxidation sites excluding steroid dienone is 8. The van der Waals surface area contributed by atoms with E-state index in [1.165, 1.54) is 128 Å². The number of rotatable bonds is 34. The van der Waals surface area contributed by atoms with Gasteiger partial charge in [-0.05, 0) is 89.9 Å². The van der Waals surface area contributed by atoms with E-state index in [4.69, 9.17) is 13.7 Å². The van der Waals surface area contributed by atoms with E-state index in [0.29, 0.717) is 13.0 Å². The zero-order valence-electron chi connectivity index (χ0n) is 32.4. The van der Waals surface area contributed by atoms with Gasteiger partial charge in [0.25, 0.3) is 10.1 Å². The summed E-state index contributed by atoms with van der Waals surface area (Å²) in [6.45, 7) is 5.36. The molecule has 0 saturated carbocycles. The lowest BCUT2D eigenvalue weighted by Crippen LogP contribution is -2.45. The van der Waals surface area contributed by atoms with Crippen LogP contribution in [0, 0.1) is 0 Å². The lowest BCUT2D eigenvalue weighted by Gasteiger charge is -2.41. The topological polar surface area (TPSA) is 61.8 Å². The van der Waals surface area contributed by atoms with E-state index >= 15 is 0 Å². The van der Waals surface area contributed by atoms with Gasteiger partial charge in [0.15, 0.2) is 5.79 Å². The van der Waals surface area contributed by atoms with Crippen molar-refractivity contribution < 1.29 is 22.1 Å². The molecule has 286 valence electrons.